The highest BCUT2D eigenvalue weighted by Gasteiger charge is 2.28. The molecule has 6 nitrogen and oxygen atoms in total. The van der Waals surface area contributed by atoms with Gasteiger partial charge in [0.1, 0.15) is 0 Å². The minimum Gasteiger partial charge on any atom is -0.361 e. The standard InChI is InChI=1S/C11H20N4O2/c1-7(11(3,4)5)12-9-10(15(16)17)13-8(2)14(9)6/h7,12H,1-6H3. The molecule has 17 heavy (non-hydrogen) atoms. The Labute approximate surface area is 101 Å². The van der Waals surface area contributed by atoms with Crippen molar-refractivity contribution in [2.45, 2.75) is 40.7 Å². The molecule has 0 aromatic carbocycles. The van der Waals surface area contributed by atoms with Crippen molar-refractivity contribution >= 4 is 11.6 Å². The van der Waals surface area contributed by atoms with E-state index in [2.05, 4.69) is 31.1 Å². The van der Waals surface area contributed by atoms with Crippen LogP contribution in [0.5, 0.6) is 0 Å². The van der Waals surface area contributed by atoms with Crippen LogP contribution in [0.25, 0.3) is 0 Å². The first-order valence-electron chi connectivity index (χ1n) is 5.59. The van der Waals surface area contributed by atoms with E-state index in [1.165, 1.54) is 0 Å². The zero-order valence-corrected chi connectivity index (χ0v) is 11.2. The molecule has 1 atom stereocenters. The monoisotopic (exact) mass is 240 g/mol. The summed E-state index contributed by atoms with van der Waals surface area (Å²) in [6, 6.07) is 0.107. The van der Waals surface area contributed by atoms with Crippen molar-refractivity contribution in [3.63, 3.8) is 0 Å². The topological polar surface area (TPSA) is 73.0 Å². The summed E-state index contributed by atoms with van der Waals surface area (Å²) in [4.78, 5) is 14.4. The smallest absolute Gasteiger partial charge is 0.361 e. The van der Waals surface area contributed by atoms with E-state index in [-0.39, 0.29) is 17.3 Å². The third kappa shape index (κ3) is 2.75. The lowest BCUT2D eigenvalue weighted by atomic mass is 9.88. The van der Waals surface area contributed by atoms with E-state index in [4.69, 9.17) is 0 Å². The lowest BCUT2D eigenvalue weighted by Gasteiger charge is -2.28. The van der Waals surface area contributed by atoms with Crippen molar-refractivity contribution in [2.75, 3.05) is 5.32 Å². The van der Waals surface area contributed by atoms with Gasteiger partial charge in [-0.25, -0.2) is 0 Å². The van der Waals surface area contributed by atoms with Gasteiger partial charge in [0.15, 0.2) is 0 Å². The van der Waals surface area contributed by atoms with Crippen molar-refractivity contribution < 1.29 is 4.92 Å². The third-order valence-corrected chi connectivity index (χ3v) is 3.13. The van der Waals surface area contributed by atoms with Gasteiger partial charge in [-0.15, -0.1) is 0 Å². The van der Waals surface area contributed by atoms with Gasteiger partial charge in [0.2, 0.25) is 11.6 Å². The van der Waals surface area contributed by atoms with E-state index < -0.39 is 4.92 Å². The molecule has 0 saturated carbocycles. The Hall–Kier alpha value is -1.59. The summed E-state index contributed by atoms with van der Waals surface area (Å²) < 4.78 is 1.71. The molecule has 0 aliphatic rings. The van der Waals surface area contributed by atoms with Crippen LogP contribution in [0.1, 0.15) is 33.5 Å². The number of anilines is 1. The number of aromatic nitrogens is 2. The SMILES string of the molecule is Cc1nc([N+](=O)[O-])c(NC(C)C(C)(C)C)n1C. The van der Waals surface area contributed by atoms with Gasteiger partial charge in [0, 0.05) is 20.0 Å². The normalized spacial score (nSPS) is 13.5. The van der Waals surface area contributed by atoms with Crippen LogP contribution < -0.4 is 5.32 Å². The Morgan fingerprint density at radius 3 is 2.41 bits per heavy atom. The molecule has 0 saturated heterocycles. The first kappa shape index (κ1) is 13.5. The Morgan fingerprint density at radius 2 is 2.00 bits per heavy atom. The molecular weight excluding hydrogens is 220 g/mol. The fraction of sp³-hybridized carbons (Fsp3) is 0.727. The molecule has 0 bridgehead atoms. The predicted molar refractivity (Wildman–Crippen MR) is 67.1 cm³/mol. The largest absolute Gasteiger partial charge is 0.406 e. The Bertz CT molecular complexity index is 431. The minimum absolute atomic E-state index is 0.0199. The summed E-state index contributed by atoms with van der Waals surface area (Å²) in [5.41, 5.74) is 0.0199. The Morgan fingerprint density at radius 1 is 1.47 bits per heavy atom. The molecule has 96 valence electrons. The summed E-state index contributed by atoms with van der Waals surface area (Å²) in [5, 5.41) is 14.1. The number of nitrogens with zero attached hydrogens (tertiary/aromatic N) is 3. The van der Waals surface area contributed by atoms with Gasteiger partial charge in [-0.2, -0.15) is 0 Å². The molecule has 6 heteroatoms. The molecule has 1 heterocycles. The third-order valence-electron chi connectivity index (χ3n) is 3.13. The van der Waals surface area contributed by atoms with Crippen LogP contribution in [0, 0.1) is 22.5 Å². The van der Waals surface area contributed by atoms with Crippen molar-refractivity contribution in [3.8, 4) is 0 Å². The second-order valence-corrected chi connectivity index (χ2v) is 5.38. The van der Waals surface area contributed by atoms with Crippen LogP contribution in [0.4, 0.5) is 11.6 Å². The summed E-state index contributed by atoms with van der Waals surface area (Å²) >= 11 is 0. The molecule has 0 aliphatic heterocycles. The first-order chi connectivity index (χ1) is 7.64. The van der Waals surface area contributed by atoms with E-state index in [0.29, 0.717) is 11.6 Å². The molecule has 1 aromatic heterocycles. The van der Waals surface area contributed by atoms with Crippen LogP contribution in [-0.4, -0.2) is 20.5 Å². The number of imidazole rings is 1. The van der Waals surface area contributed by atoms with E-state index >= 15 is 0 Å². The van der Waals surface area contributed by atoms with Crippen molar-refractivity contribution in [3.05, 3.63) is 15.9 Å². The highest BCUT2D eigenvalue weighted by atomic mass is 16.6. The van der Waals surface area contributed by atoms with Crippen LogP contribution in [0.3, 0.4) is 0 Å². The summed E-state index contributed by atoms with van der Waals surface area (Å²) in [5.74, 6) is 0.983. The van der Waals surface area contributed by atoms with E-state index in [1.54, 1.807) is 18.5 Å². The minimum atomic E-state index is -0.454. The highest BCUT2D eigenvalue weighted by molar-refractivity contribution is 5.54. The number of rotatable bonds is 3. The van der Waals surface area contributed by atoms with Gasteiger partial charge in [0.25, 0.3) is 0 Å². The fourth-order valence-electron chi connectivity index (χ4n) is 1.30. The van der Waals surface area contributed by atoms with Crippen molar-refractivity contribution in [1.29, 1.82) is 0 Å². The van der Waals surface area contributed by atoms with Gasteiger partial charge < -0.3 is 15.4 Å². The maximum Gasteiger partial charge on any atom is 0.406 e. The molecule has 1 N–H and O–H groups in total. The molecule has 0 fully saturated rings. The zero-order chi connectivity index (χ0) is 13.4. The predicted octanol–water partition coefficient (Wildman–Crippen LogP) is 2.48. The molecular formula is C11H20N4O2. The van der Waals surface area contributed by atoms with E-state index in [9.17, 15) is 10.1 Å². The number of hydrogen-bond donors (Lipinski definition) is 1. The van der Waals surface area contributed by atoms with Gasteiger partial charge in [-0.1, -0.05) is 20.8 Å². The van der Waals surface area contributed by atoms with E-state index in [0.717, 1.165) is 0 Å². The highest BCUT2D eigenvalue weighted by Crippen LogP contribution is 2.28. The van der Waals surface area contributed by atoms with E-state index in [1.807, 2.05) is 6.92 Å². The maximum atomic E-state index is 10.9. The van der Waals surface area contributed by atoms with Crippen molar-refractivity contribution in [1.82, 2.24) is 9.55 Å². The van der Waals surface area contributed by atoms with Gasteiger partial charge in [-0.3, -0.25) is 4.57 Å². The summed E-state index contributed by atoms with van der Waals surface area (Å²) in [6.07, 6.45) is 0. The molecule has 1 rings (SSSR count). The number of nitrogens with one attached hydrogen (secondary N) is 1. The lowest BCUT2D eigenvalue weighted by molar-refractivity contribution is -0.388. The average Bonchev–Trinajstić information content (AvgIpc) is 2.44. The van der Waals surface area contributed by atoms with Gasteiger partial charge >= 0.3 is 5.82 Å². The average molecular weight is 240 g/mol. The second-order valence-electron chi connectivity index (χ2n) is 5.38. The molecule has 0 amide bonds. The fourth-order valence-corrected chi connectivity index (χ4v) is 1.30. The second kappa shape index (κ2) is 4.35. The number of aryl methyl sites for hydroxylation is 1. The Balaban J connectivity index is 3.10. The molecule has 1 unspecified atom stereocenters. The van der Waals surface area contributed by atoms with Crippen LogP contribution in [0.15, 0.2) is 0 Å². The molecule has 0 spiro atoms. The first-order valence-corrected chi connectivity index (χ1v) is 5.59. The number of hydrogen-bond acceptors (Lipinski definition) is 4. The Kier molecular flexibility index (Phi) is 3.45. The molecule has 0 aliphatic carbocycles. The van der Waals surface area contributed by atoms with Gasteiger partial charge in [0.05, 0.1) is 0 Å². The maximum absolute atomic E-state index is 10.9. The number of nitro groups is 1. The van der Waals surface area contributed by atoms with Crippen LogP contribution >= 0.6 is 0 Å². The van der Waals surface area contributed by atoms with Crippen LogP contribution in [0.2, 0.25) is 0 Å². The lowest BCUT2D eigenvalue weighted by Crippen LogP contribution is -2.31. The molecule has 1 aromatic rings. The van der Waals surface area contributed by atoms with Crippen molar-refractivity contribution in [2.24, 2.45) is 12.5 Å². The summed E-state index contributed by atoms with van der Waals surface area (Å²) in [6.45, 7) is 10.0. The van der Waals surface area contributed by atoms with Crippen LogP contribution in [-0.2, 0) is 7.05 Å². The quantitative estimate of drug-likeness (QED) is 0.650. The zero-order valence-electron chi connectivity index (χ0n) is 11.2. The summed E-state index contributed by atoms with van der Waals surface area (Å²) in [7, 11) is 1.77. The van der Waals surface area contributed by atoms with Gasteiger partial charge in [-0.05, 0) is 22.2 Å². The molecule has 0 radical (unpaired) electrons.